The normalized spacial score (nSPS) is 11.3. The van der Waals surface area contributed by atoms with E-state index in [0.717, 1.165) is 11.2 Å². The van der Waals surface area contributed by atoms with Crippen molar-refractivity contribution in [3.8, 4) is 0 Å². The average molecular weight is 420 g/mol. The molecule has 1 aromatic heterocycles. The highest BCUT2D eigenvalue weighted by atomic mass is 127. The van der Waals surface area contributed by atoms with Gasteiger partial charge < -0.3 is 4.42 Å². The zero-order valence-electron chi connectivity index (χ0n) is 7.63. The third-order valence-corrected chi connectivity index (χ3v) is 3.82. The Kier molecular flexibility index (Phi) is 2.39. The summed E-state index contributed by atoms with van der Waals surface area (Å²) >= 11 is 4.66. The van der Waals surface area contributed by atoms with E-state index in [0.29, 0.717) is 0 Å². The van der Waals surface area contributed by atoms with Gasteiger partial charge in [-0.1, -0.05) is 18.2 Å². The van der Waals surface area contributed by atoms with E-state index < -0.39 is 0 Å². The van der Waals surface area contributed by atoms with E-state index in [-0.39, 0.29) is 0 Å². The smallest absolute Gasteiger partial charge is 0.148 e. The zero-order chi connectivity index (χ0) is 10.4. The molecule has 0 saturated carbocycles. The van der Waals surface area contributed by atoms with Crippen LogP contribution in [0.4, 0.5) is 0 Å². The molecule has 0 radical (unpaired) electrons. The van der Waals surface area contributed by atoms with Gasteiger partial charge >= 0.3 is 0 Å². The summed E-state index contributed by atoms with van der Waals surface area (Å²) in [6.07, 6.45) is 0. The fourth-order valence-corrected chi connectivity index (χ4v) is 3.71. The van der Waals surface area contributed by atoms with Gasteiger partial charge in [0.15, 0.2) is 0 Å². The van der Waals surface area contributed by atoms with Gasteiger partial charge in [-0.25, -0.2) is 0 Å². The Bertz CT molecular complexity index is 655. The molecular formula is C12H6I2O. The van der Waals surface area contributed by atoms with Crippen molar-refractivity contribution in [2.75, 3.05) is 0 Å². The summed E-state index contributed by atoms with van der Waals surface area (Å²) in [4.78, 5) is 0. The monoisotopic (exact) mass is 420 g/mol. The number of fused-ring (bicyclic) bond motifs is 3. The van der Waals surface area contributed by atoms with Gasteiger partial charge in [-0.3, -0.25) is 0 Å². The van der Waals surface area contributed by atoms with Crippen molar-refractivity contribution in [2.24, 2.45) is 0 Å². The first-order valence-corrected chi connectivity index (χ1v) is 6.68. The Balaban J connectivity index is 2.61. The Morgan fingerprint density at radius 1 is 0.933 bits per heavy atom. The second-order valence-corrected chi connectivity index (χ2v) is 5.77. The summed E-state index contributed by atoms with van der Waals surface area (Å²) < 4.78 is 8.25. The van der Waals surface area contributed by atoms with Crippen molar-refractivity contribution in [1.29, 1.82) is 0 Å². The summed E-state index contributed by atoms with van der Waals surface area (Å²) in [5, 5.41) is 2.41. The Hall–Kier alpha value is -0.300. The molecular weight excluding hydrogens is 414 g/mol. The zero-order valence-corrected chi connectivity index (χ0v) is 11.9. The number of hydrogen-bond donors (Lipinski definition) is 0. The lowest BCUT2D eigenvalue weighted by Crippen LogP contribution is -1.75. The van der Waals surface area contributed by atoms with Gasteiger partial charge in [0.1, 0.15) is 11.2 Å². The van der Waals surface area contributed by atoms with Crippen LogP contribution in [0.5, 0.6) is 0 Å². The number of furan rings is 1. The second-order valence-electron chi connectivity index (χ2n) is 3.36. The fraction of sp³-hybridized carbons (Fsp3) is 0. The van der Waals surface area contributed by atoms with E-state index in [1.807, 2.05) is 18.2 Å². The number of para-hydroxylation sites is 1. The highest BCUT2D eigenvalue weighted by Gasteiger charge is 2.09. The molecule has 0 saturated heterocycles. The van der Waals surface area contributed by atoms with Gasteiger partial charge in [0.2, 0.25) is 0 Å². The summed E-state index contributed by atoms with van der Waals surface area (Å²) in [6.45, 7) is 0. The van der Waals surface area contributed by atoms with Crippen LogP contribution in [-0.2, 0) is 0 Å². The first kappa shape index (κ1) is 9.89. The summed E-state index contributed by atoms with van der Waals surface area (Å²) in [5.74, 6) is 0. The average Bonchev–Trinajstić information content (AvgIpc) is 2.57. The molecule has 3 aromatic rings. The van der Waals surface area contributed by atoms with E-state index in [2.05, 4.69) is 63.4 Å². The second kappa shape index (κ2) is 3.62. The quantitative estimate of drug-likeness (QED) is 0.477. The lowest BCUT2D eigenvalue weighted by atomic mass is 10.2. The van der Waals surface area contributed by atoms with E-state index in [9.17, 15) is 0 Å². The lowest BCUT2D eigenvalue weighted by molar-refractivity contribution is 0.666. The minimum Gasteiger partial charge on any atom is -0.455 e. The van der Waals surface area contributed by atoms with Crippen LogP contribution in [0.3, 0.4) is 0 Å². The van der Waals surface area contributed by atoms with Crippen LogP contribution >= 0.6 is 45.2 Å². The van der Waals surface area contributed by atoms with Crippen LogP contribution in [-0.4, -0.2) is 0 Å². The molecule has 0 unspecified atom stereocenters. The van der Waals surface area contributed by atoms with Crippen LogP contribution in [0.1, 0.15) is 0 Å². The molecule has 74 valence electrons. The van der Waals surface area contributed by atoms with Gasteiger partial charge in [-0.15, -0.1) is 0 Å². The maximum Gasteiger partial charge on any atom is 0.148 e. The standard InChI is InChI=1S/C12H6I2O/c13-7-5-9-8-3-1-2-4-11(8)15-12(9)10(14)6-7/h1-6H. The van der Waals surface area contributed by atoms with Gasteiger partial charge in [0.05, 0.1) is 3.57 Å². The van der Waals surface area contributed by atoms with E-state index in [4.69, 9.17) is 4.42 Å². The summed E-state index contributed by atoms with van der Waals surface area (Å²) in [5.41, 5.74) is 1.96. The fourth-order valence-electron chi connectivity index (χ4n) is 1.75. The maximum atomic E-state index is 5.83. The Morgan fingerprint density at radius 2 is 1.73 bits per heavy atom. The molecule has 3 rings (SSSR count). The largest absolute Gasteiger partial charge is 0.455 e. The molecule has 0 bridgehead atoms. The molecule has 0 aliphatic heterocycles. The predicted molar refractivity (Wildman–Crippen MR) is 79.2 cm³/mol. The predicted octanol–water partition coefficient (Wildman–Crippen LogP) is 4.80. The van der Waals surface area contributed by atoms with E-state index in [1.165, 1.54) is 17.9 Å². The van der Waals surface area contributed by atoms with Crippen LogP contribution in [0.25, 0.3) is 21.9 Å². The number of hydrogen-bond acceptors (Lipinski definition) is 1. The minimum atomic E-state index is 0.965. The number of halogens is 2. The molecule has 15 heavy (non-hydrogen) atoms. The third kappa shape index (κ3) is 1.56. The topological polar surface area (TPSA) is 13.1 Å². The Morgan fingerprint density at radius 3 is 2.60 bits per heavy atom. The molecule has 0 amide bonds. The molecule has 0 atom stereocenters. The molecule has 0 aliphatic rings. The van der Waals surface area contributed by atoms with E-state index >= 15 is 0 Å². The molecule has 0 spiro atoms. The summed E-state index contributed by atoms with van der Waals surface area (Å²) in [6, 6.07) is 12.5. The van der Waals surface area contributed by atoms with Crippen molar-refractivity contribution in [2.45, 2.75) is 0 Å². The van der Waals surface area contributed by atoms with Crippen LogP contribution < -0.4 is 0 Å². The lowest BCUT2D eigenvalue weighted by Gasteiger charge is -1.94. The van der Waals surface area contributed by atoms with Crippen molar-refractivity contribution in [3.05, 3.63) is 43.5 Å². The summed E-state index contributed by atoms with van der Waals surface area (Å²) in [7, 11) is 0. The molecule has 1 heterocycles. The first-order valence-electron chi connectivity index (χ1n) is 4.52. The molecule has 2 aromatic carbocycles. The number of benzene rings is 2. The highest BCUT2D eigenvalue weighted by Crippen LogP contribution is 2.32. The van der Waals surface area contributed by atoms with Gasteiger partial charge in [0.25, 0.3) is 0 Å². The van der Waals surface area contributed by atoms with Crippen molar-refractivity contribution in [3.63, 3.8) is 0 Å². The number of rotatable bonds is 0. The van der Waals surface area contributed by atoms with Gasteiger partial charge in [-0.2, -0.15) is 0 Å². The third-order valence-electron chi connectivity index (χ3n) is 2.40. The van der Waals surface area contributed by atoms with Crippen molar-refractivity contribution in [1.82, 2.24) is 0 Å². The molecule has 0 aliphatic carbocycles. The maximum absolute atomic E-state index is 5.83. The van der Waals surface area contributed by atoms with Crippen LogP contribution in [0, 0.1) is 7.14 Å². The van der Waals surface area contributed by atoms with Crippen molar-refractivity contribution >= 4 is 67.1 Å². The highest BCUT2D eigenvalue weighted by molar-refractivity contribution is 14.1. The first-order chi connectivity index (χ1) is 7.25. The van der Waals surface area contributed by atoms with Crippen LogP contribution in [0.2, 0.25) is 0 Å². The van der Waals surface area contributed by atoms with E-state index in [1.54, 1.807) is 0 Å². The molecule has 3 heteroatoms. The van der Waals surface area contributed by atoms with Crippen LogP contribution in [0.15, 0.2) is 40.8 Å². The SMILES string of the molecule is Ic1cc(I)c2oc3ccccc3c2c1. The molecule has 0 N–H and O–H groups in total. The minimum absolute atomic E-state index is 0.965. The van der Waals surface area contributed by atoms with Gasteiger partial charge in [0, 0.05) is 14.3 Å². The van der Waals surface area contributed by atoms with Gasteiger partial charge in [-0.05, 0) is 63.4 Å². The molecule has 1 nitrogen and oxygen atoms in total. The molecule has 0 fully saturated rings. The van der Waals surface area contributed by atoms with Crippen molar-refractivity contribution < 1.29 is 4.42 Å². The Labute approximate surface area is 114 Å².